The van der Waals surface area contributed by atoms with Crippen LogP contribution in [0.2, 0.25) is 0 Å². The van der Waals surface area contributed by atoms with Crippen LogP contribution < -0.4 is 5.32 Å². The van der Waals surface area contributed by atoms with Gasteiger partial charge in [-0.1, -0.05) is 91.0 Å². The Kier molecular flexibility index (Phi) is 5.35. The maximum absolute atomic E-state index is 12.4. The van der Waals surface area contributed by atoms with Crippen molar-refractivity contribution in [3.8, 4) is 0 Å². The van der Waals surface area contributed by atoms with Crippen molar-refractivity contribution < 1.29 is 5.11 Å². The minimum atomic E-state index is -1.14. The molecule has 1 aliphatic heterocycles. The molecule has 0 aliphatic carbocycles. The van der Waals surface area contributed by atoms with Gasteiger partial charge in [-0.2, -0.15) is 0 Å². The summed E-state index contributed by atoms with van der Waals surface area (Å²) in [6.45, 7) is 3.68. The summed E-state index contributed by atoms with van der Waals surface area (Å²) in [7, 11) is 0. The van der Waals surface area contributed by atoms with Crippen molar-refractivity contribution in [2.75, 3.05) is 26.2 Å². The first kappa shape index (κ1) is 17.9. The maximum atomic E-state index is 12.4. The van der Waals surface area contributed by atoms with Gasteiger partial charge in [-0.25, -0.2) is 0 Å². The molecule has 3 heteroatoms. The molecule has 1 heterocycles. The third-order valence-electron chi connectivity index (χ3n) is 5.46. The SMILES string of the molecule is OC(c1ccccc1)(c1ccccc1)[C@@H](c1ccccc1)N1CCNCC1. The van der Waals surface area contributed by atoms with Gasteiger partial charge in [-0.15, -0.1) is 0 Å². The van der Waals surface area contributed by atoms with Gasteiger partial charge in [0.25, 0.3) is 0 Å². The van der Waals surface area contributed by atoms with Crippen LogP contribution in [0.25, 0.3) is 0 Å². The van der Waals surface area contributed by atoms with E-state index in [0.717, 1.165) is 42.9 Å². The minimum absolute atomic E-state index is 0.161. The zero-order chi connectivity index (χ0) is 18.5. The highest BCUT2D eigenvalue weighted by Crippen LogP contribution is 2.44. The Balaban J connectivity index is 1.91. The van der Waals surface area contributed by atoms with Crippen molar-refractivity contribution in [1.29, 1.82) is 0 Å². The molecule has 2 N–H and O–H groups in total. The lowest BCUT2D eigenvalue weighted by molar-refractivity contribution is -0.0274. The van der Waals surface area contributed by atoms with E-state index in [0.29, 0.717) is 0 Å². The van der Waals surface area contributed by atoms with Crippen LogP contribution in [-0.4, -0.2) is 36.2 Å². The average molecular weight is 358 g/mol. The van der Waals surface area contributed by atoms with Gasteiger partial charge >= 0.3 is 0 Å². The van der Waals surface area contributed by atoms with Crippen molar-refractivity contribution in [2.45, 2.75) is 11.6 Å². The van der Waals surface area contributed by atoms with Gasteiger partial charge < -0.3 is 10.4 Å². The molecule has 1 fully saturated rings. The van der Waals surface area contributed by atoms with E-state index in [1.165, 1.54) is 0 Å². The lowest BCUT2D eigenvalue weighted by Gasteiger charge is -2.45. The largest absolute Gasteiger partial charge is 0.378 e. The van der Waals surface area contributed by atoms with E-state index in [-0.39, 0.29) is 6.04 Å². The summed E-state index contributed by atoms with van der Waals surface area (Å²) >= 11 is 0. The molecular weight excluding hydrogens is 332 g/mol. The van der Waals surface area contributed by atoms with E-state index in [9.17, 15) is 5.11 Å². The van der Waals surface area contributed by atoms with E-state index in [4.69, 9.17) is 0 Å². The summed E-state index contributed by atoms with van der Waals surface area (Å²) < 4.78 is 0. The molecule has 0 radical (unpaired) electrons. The molecular formula is C24H26N2O. The Bertz CT molecular complexity index is 791. The van der Waals surface area contributed by atoms with Crippen LogP contribution in [0.5, 0.6) is 0 Å². The average Bonchev–Trinajstić information content (AvgIpc) is 2.76. The molecule has 4 rings (SSSR count). The lowest BCUT2D eigenvalue weighted by atomic mass is 9.76. The molecule has 0 amide bonds. The number of benzene rings is 3. The second-order valence-corrected chi connectivity index (χ2v) is 7.10. The molecule has 1 atom stereocenters. The first-order valence-electron chi connectivity index (χ1n) is 9.63. The Hall–Kier alpha value is -2.46. The quantitative estimate of drug-likeness (QED) is 0.732. The highest BCUT2D eigenvalue weighted by Gasteiger charge is 2.44. The fraction of sp³-hybridized carbons (Fsp3) is 0.250. The van der Waals surface area contributed by atoms with E-state index in [1.807, 2.05) is 66.7 Å². The molecule has 1 aliphatic rings. The number of piperazine rings is 1. The zero-order valence-corrected chi connectivity index (χ0v) is 15.5. The number of rotatable bonds is 5. The second-order valence-electron chi connectivity index (χ2n) is 7.10. The van der Waals surface area contributed by atoms with Gasteiger partial charge in [-0.3, -0.25) is 4.90 Å². The monoisotopic (exact) mass is 358 g/mol. The first-order chi connectivity index (χ1) is 13.3. The van der Waals surface area contributed by atoms with E-state index in [1.54, 1.807) is 0 Å². The van der Waals surface area contributed by atoms with Crippen molar-refractivity contribution in [1.82, 2.24) is 10.2 Å². The Morgan fingerprint density at radius 3 is 1.63 bits per heavy atom. The Morgan fingerprint density at radius 2 is 1.15 bits per heavy atom. The number of hydrogen-bond acceptors (Lipinski definition) is 3. The number of aliphatic hydroxyl groups is 1. The van der Waals surface area contributed by atoms with E-state index < -0.39 is 5.60 Å². The third kappa shape index (κ3) is 3.54. The standard InChI is InChI=1S/C24H26N2O/c27-24(21-12-6-2-7-13-21,22-14-8-3-9-15-22)23(20-10-4-1-5-11-20)26-18-16-25-17-19-26/h1-15,23,25,27H,16-19H2/t23-/m1/s1. The fourth-order valence-corrected chi connectivity index (χ4v) is 4.16. The van der Waals surface area contributed by atoms with Crippen molar-refractivity contribution in [2.24, 2.45) is 0 Å². The van der Waals surface area contributed by atoms with Gasteiger partial charge in [-0.05, 0) is 16.7 Å². The van der Waals surface area contributed by atoms with Gasteiger partial charge in [0.05, 0.1) is 6.04 Å². The second kappa shape index (κ2) is 8.05. The topological polar surface area (TPSA) is 35.5 Å². The van der Waals surface area contributed by atoms with Crippen molar-refractivity contribution >= 4 is 0 Å². The molecule has 0 spiro atoms. The zero-order valence-electron chi connectivity index (χ0n) is 15.5. The van der Waals surface area contributed by atoms with Gasteiger partial charge in [0.1, 0.15) is 5.60 Å². The molecule has 0 unspecified atom stereocenters. The van der Waals surface area contributed by atoms with Crippen LogP contribution in [0.15, 0.2) is 91.0 Å². The molecule has 0 bridgehead atoms. The molecule has 3 aromatic rings. The smallest absolute Gasteiger partial charge is 0.134 e. The van der Waals surface area contributed by atoms with Crippen molar-refractivity contribution in [3.63, 3.8) is 0 Å². The Labute approximate surface area is 161 Å². The van der Waals surface area contributed by atoms with Crippen LogP contribution in [0, 0.1) is 0 Å². The van der Waals surface area contributed by atoms with Crippen LogP contribution >= 0.6 is 0 Å². The first-order valence-corrected chi connectivity index (χ1v) is 9.63. The van der Waals surface area contributed by atoms with Crippen LogP contribution in [0.3, 0.4) is 0 Å². The van der Waals surface area contributed by atoms with Gasteiger partial charge in [0, 0.05) is 26.2 Å². The number of nitrogens with zero attached hydrogens (tertiary/aromatic N) is 1. The summed E-state index contributed by atoms with van der Waals surface area (Å²) in [4.78, 5) is 2.41. The number of hydrogen-bond donors (Lipinski definition) is 2. The normalized spacial score (nSPS) is 16.8. The predicted molar refractivity (Wildman–Crippen MR) is 110 cm³/mol. The Morgan fingerprint density at radius 1 is 0.704 bits per heavy atom. The molecule has 3 nitrogen and oxygen atoms in total. The van der Waals surface area contributed by atoms with E-state index in [2.05, 4.69) is 34.5 Å². The molecule has 0 aromatic heterocycles. The minimum Gasteiger partial charge on any atom is -0.378 e. The predicted octanol–water partition coefficient (Wildman–Crippen LogP) is 3.57. The molecule has 27 heavy (non-hydrogen) atoms. The van der Waals surface area contributed by atoms with Crippen LogP contribution in [0.1, 0.15) is 22.7 Å². The molecule has 0 saturated carbocycles. The van der Waals surface area contributed by atoms with E-state index >= 15 is 0 Å². The molecule has 138 valence electrons. The van der Waals surface area contributed by atoms with Gasteiger partial charge in [0.15, 0.2) is 0 Å². The molecule has 3 aromatic carbocycles. The van der Waals surface area contributed by atoms with Crippen molar-refractivity contribution in [3.05, 3.63) is 108 Å². The highest BCUT2D eigenvalue weighted by atomic mass is 16.3. The lowest BCUT2D eigenvalue weighted by Crippen LogP contribution is -2.52. The summed E-state index contributed by atoms with van der Waals surface area (Å²) in [5.41, 5.74) is 1.84. The van der Waals surface area contributed by atoms with Crippen LogP contribution in [-0.2, 0) is 5.60 Å². The third-order valence-corrected chi connectivity index (χ3v) is 5.46. The van der Waals surface area contributed by atoms with Gasteiger partial charge in [0.2, 0.25) is 0 Å². The summed E-state index contributed by atoms with van der Waals surface area (Å²) in [5.74, 6) is 0. The summed E-state index contributed by atoms with van der Waals surface area (Å²) in [6, 6.07) is 30.4. The highest BCUT2D eigenvalue weighted by molar-refractivity contribution is 5.41. The summed E-state index contributed by atoms with van der Waals surface area (Å²) in [6.07, 6.45) is 0. The summed E-state index contributed by atoms with van der Waals surface area (Å²) in [5, 5.41) is 15.8. The number of nitrogens with one attached hydrogen (secondary N) is 1. The van der Waals surface area contributed by atoms with Crippen LogP contribution in [0.4, 0.5) is 0 Å². The fourth-order valence-electron chi connectivity index (χ4n) is 4.16. The molecule has 1 saturated heterocycles. The maximum Gasteiger partial charge on any atom is 0.134 e.